The first kappa shape index (κ1) is 12.6. The maximum absolute atomic E-state index is 4.06. The molecule has 1 N–H and O–H groups in total. The van der Waals surface area contributed by atoms with E-state index in [1.807, 2.05) is 13.2 Å². The first-order valence-electron chi connectivity index (χ1n) is 6.80. The lowest BCUT2D eigenvalue weighted by molar-refractivity contribution is 0.275. The van der Waals surface area contributed by atoms with Crippen LogP contribution in [0.2, 0.25) is 0 Å². The van der Waals surface area contributed by atoms with Crippen molar-refractivity contribution in [2.24, 2.45) is 18.9 Å². The molecule has 0 radical (unpaired) electrons. The van der Waals surface area contributed by atoms with Crippen LogP contribution < -0.4 is 5.32 Å². The minimum atomic E-state index is 0.844. The molecule has 0 saturated heterocycles. The van der Waals surface area contributed by atoms with Gasteiger partial charge in [0.1, 0.15) is 0 Å². The maximum Gasteiger partial charge on any atom is 0.0964 e. The van der Waals surface area contributed by atoms with E-state index in [1.54, 1.807) is 4.68 Å². The van der Waals surface area contributed by atoms with E-state index in [2.05, 4.69) is 22.6 Å². The number of aromatic nitrogens is 3. The van der Waals surface area contributed by atoms with E-state index in [4.69, 9.17) is 0 Å². The van der Waals surface area contributed by atoms with E-state index in [-0.39, 0.29) is 0 Å². The highest BCUT2D eigenvalue weighted by Gasteiger charge is 2.17. The topological polar surface area (TPSA) is 42.7 Å². The standard InChI is InChI=1S/C13H24N4/c1-11-3-5-12(6-4-11)7-8-14-9-13-10-17(2)16-15-13/h10-12,14H,3-9H2,1-2H3. The lowest BCUT2D eigenvalue weighted by Gasteiger charge is -2.26. The molecule has 0 atom stereocenters. The average molecular weight is 236 g/mol. The summed E-state index contributed by atoms with van der Waals surface area (Å²) in [4.78, 5) is 0. The highest BCUT2D eigenvalue weighted by Crippen LogP contribution is 2.29. The van der Waals surface area contributed by atoms with Crippen molar-refractivity contribution in [3.05, 3.63) is 11.9 Å². The number of nitrogens with zero attached hydrogens (tertiary/aromatic N) is 3. The van der Waals surface area contributed by atoms with E-state index in [9.17, 15) is 0 Å². The highest BCUT2D eigenvalue weighted by molar-refractivity contribution is 4.90. The van der Waals surface area contributed by atoms with Crippen molar-refractivity contribution in [1.82, 2.24) is 20.3 Å². The molecule has 0 aliphatic heterocycles. The fourth-order valence-corrected chi connectivity index (χ4v) is 2.62. The molecule has 1 aliphatic carbocycles. The summed E-state index contributed by atoms with van der Waals surface area (Å²) in [6.45, 7) is 4.33. The summed E-state index contributed by atoms with van der Waals surface area (Å²) in [5.41, 5.74) is 1.03. The number of rotatable bonds is 5. The van der Waals surface area contributed by atoms with Crippen LogP contribution in [0.25, 0.3) is 0 Å². The summed E-state index contributed by atoms with van der Waals surface area (Å²) in [5.74, 6) is 1.90. The third kappa shape index (κ3) is 4.11. The molecule has 1 aromatic heterocycles. The second kappa shape index (κ2) is 6.15. The van der Waals surface area contributed by atoms with Gasteiger partial charge >= 0.3 is 0 Å². The Kier molecular flexibility index (Phi) is 4.54. The van der Waals surface area contributed by atoms with Gasteiger partial charge in [0.15, 0.2) is 0 Å². The molecular weight excluding hydrogens is 212 g/mol. The van der Waals surface area contributed by atoms with Crippen molar-refractivity contribution < 1.29 is 0 Å². The Labute approximate surface area is 104 Å². The van der Waals surface area contributed by atoms with Crippen LogP contribution in [0.1, 0.15) is 44.7 Å². The SMILES string of the molecule is CC1CCC(CCNCc2cn(C)nn2)CC1. The predicted octanol–water partition coefficient (Wildman–Crippen LogP) is 2.12. The molecule has 4 heteroatoms. The lowest BCUT2D eigenvalue weighted by Crippen LogP contribution is -2.20. The first-order valence-corrected chi connectivity index (χ1v) is 6.80. The van der Waals surface area contributed by atoms with Gasteiger partial charge in [0.05, 0.1) is 5.69 Å². The number of aryl methyl sites for hydroxylation is 1. The zero-order valence-corrected chi connectivity index (χ0v) is 11.0. The molecule has 1 heterocycles. The number of hydrogen-bond donors (Lipinski definition) is 1. The van der Waals surface area contributed by atoms with Crippen LogP contribution in [0, 0.1) is 11.8 Å². The smallest absolute Gasteiger partial charge is 0.0964 e. The van der Waals surface area contributed by atoms with Crippen molar-refractivity contribution in [3.8, 4) is 0 Å². The molecule has 1 saturated carbocycles. The van der Waals surface area contributed by atoms with E-state index in [0.29, 0.717) is 0 Å². The molecule has 2 rings (SSSR count). The Morgan fingerprint density at radius 2 is 2.12 bits per heavy atom. The second-order valence-electron chi connectivity index (χ2n) is 5.47. The first-order chi connectivity index (χ1) is 8.24. The molecule has 1 fully saturated rings. The van der Waals surface area contributed by atoms with Crippen LogP contribution in [-0.2, 0) is 13.6 Å². The quantitative estimate of drug-likeness (QED) is 0.796. The zero-order valence-electron chi connectivity index (χ0n) is 11.0. The molecule has 1 aromatic rings. The van der Waals surface area contributed by atoms with Gasteiger partial charge < -0.3 is 5.32 Å². The van der Waals surface area contributed by atoms with Crippen LogP contribution in [0.3, 0.4) is 0 Å². The normalized spacial score (nSPS) is 25.1. The summed E-state index contributed by atoms with van der Waals surface area (Å²) >= 11 is 0. The summed E-state index contributed by atoms with van der Waals surface area (Å²) < 4.78 is 1.75. The Hall–Kier alpha value is -0.900. The summed E-state index contributed by atoms with van der Waals surface area (Å²) in [6.07, 6.45) is 8.98. The third-order valence-electron chi connectivity index (χ3n) is 3.82. The Morgan fingerprint density at radius 3 is 2.76 bits per heavy atom. The van der Waals surface area contributed by atoms with Gasteiger partial charge in [0.25, 0.3) is 0 Å². The molecule has 0 amide bonds. The van der Waals surface area contributed by atoms with Crippen molar-refractivity contribution in [1.29, 1.82) is 0 Å². The van der Waals surface area contributed by atoms with Gasteiger partial charge in [0, 0.05) is 19.8 Å². The van der Waals surface area contributed by atoms with Gasteiger partial charge in [0.2, 0.25) is 0 Å². The minimum absolute atomic E-state index is 0.844. The third-order valence-corrected chi connectivity index (χ3v) is 3.82. The Balaban J connectivity index is 1.57. The summed E-state index contributed by atoms with van der Waals surface area (Å²) in [7, 11) is 1.90. The van der Waals surface area contributed by atoms with Gasteiger partial charge in [-0.2, -0.15) is 0 Å². The van der Waals surface area contributed by atoms with Crippen LogP contribution in [0.4, 0.5) is 0 Å². The van der Waals surface area contributed by atoms with Crippen molar-refractivity contribution in [2.75, 3.05) is 6.54 Å². The molecule has 17 heavy (non-hydrogen) atoms. The Bertz CT molecular complexity index is 326. The molecule has 0 unspecified atom stereocenters. The molecule has 0 aromatic carbocycles. The largest absolute Gasteiger partial charge is 0.311 e. The van der Waals surface area contributed by atoms with Gasteiger partial charge in [-0.25, -0.2) is 0 Å². The molecular formula is C13H24N4. The monoisotopic (exact) mass is 236 g/mol. The van der Waals surface area contributed by atoms with E-state index < -0.39 is 0 Å². The zero-order chi connectivity index (χ0) is 12.1. The molecule has 0 spiro atoms. The van der Waals surface area contributed by atoms with Crippen LogP contribution in [0.5, 0.6) is 0 Å². The van der Waals surface area contributed by atoms with Crippen LogP contribution >= 0.6 is 0 Å². The van der Waals surface area contributed by atoms with E-state index in [1.165, 1.54) is 32.1 Å². The van der Waals surface area contributed by atoms with Gasteiger partial charge in [-0.15, -0.1) is 5.10 Å². The lowest BCUT2D eigenvalue weighted by atomic mass is 9.81. The van der Waals surface area contributed by atoms with Crippen molar-refractivity contribution >= 4 is 0 Å². The second-order valence-corrected chi connectivity index (χ2v) is 5.47. The minimum Gasteiger partial charge on any atom is -0.311 e. The van der Waals surface area contributed by atoms with Gasteiger partial charge in [-0.3, -0.25) is 4.68 Å². The fraction of sp³-hybridized carbons (Fsp3) is 0.846. The van der Waals surface area contributed by atoms with Crippen LogP contribution in [-0.4, -0.2) is 21.5 Å². The molecule has 0 bridgehead atoms. The van der Waals surface area contributed by atoms with Crippen molar-refractivity contribution in [3.63, 3.8) is 0 Å². The fourth-order valence-electron chi connectivity index (χ4n) is 2.62. The van der Waals surface area contributed by atoms with Gasteiger partial charge in [-0.05, 0) is 24.8 Å². The van der Waals surface area contributed by atoms with Gasteiger partial charge in [-0.1, -0.05) is 37.8 Å². The summed E-state index contributed by atoms with van der Waals surface area (Å²) in [6, 6.07) is 0. The number of nitrogens with one attached hydrogen (secondary N) is 1. The Morgan fingerprint density at radius 1 is 1.35 bits per heavy atom. The predicted molar refractivity (Wildman–Crippen MR) is 68.4 cm³/mol. The molecule has 96 valence electrons. The summed E-state index contributed by atoms with van der Waals surface area (Å²) in [5, 5.41) is 11.4. The van der Waals surface area contributed by atoms with Crippen LogP contribution in [0.15, 0.2) is 6.20 Å². The van der Waals surface area contributed by atoms with E-state index in [0.717, 1.165) is 30.6 Å². The highest BCUT2D eigenvalue weighted by atomic mass is 15.4. The average Bonchev–Trinajstić information content (AvgIpc) is 2.73. The molecule has 4 nitrogen and oxygen atoms in total. The maximum atomic E-state index is 4.06. The van der Waals surface area contributed by atoms with E-state index >= 15 is 0 Å². The molecule has 1 aliphatic rings. The number of hydrogen-bond acceptors (Lipinski definition) is 3. The van der Waals surface area contributed by atoms with Crippen molar-refractivity contribution in [2.45, 2.75) is 45.6 Å².